The Labute approximate surface area is 489 Å². The van der Waals surface area contributed by atoms with E-state index >= 15 is 0 Å². The molecular weight excluding hydrogens is 1090 g/mol. The SMILES string of the molecule is CC[C@](C)(NC(=O)[C@H]1C[C@H](O)CN1C(=O)[C@H](CO)NC(=O)c1cnc[nH]1)C(=O)N[C@@H](Cc1ccncc1)C(=O)N[C@@H](CC1CCCCC1)C(=O)N[C@@H](CC(C)(C)C)C(=O)N[C@@H](CC(N)=O)C(=O)N[C@@H](CCCCN)C(=O)NC(C)(C)C(=O)NC. The van der Waals surface area contributed by atoms with Gasteiger partial charge in [-0.3, -0.25) is 57.7 Å². The minimum Gasteiger partial charge on any atom is -0.394 e. The van der Waals surface area contributed by atoms with Gasteiger partial charge in [0.1, 0.15) is 59.1 Å². The molecule has 84 heavy (non-hydrogen) atoms. The second kappa shape index (κ2) is 31.9. The number of hydrogen-bond donors (Lipinski definition) is 14. The number of likely N-dealkylation sites (tertiary alicyclic amines) is 1. The van der Waals surface area contributed by atoms with E-state index in [0.717, 1.165) is 37.0 Å². The van der Waals surface area contributed by atoms with Crippen molar-refractivity contribution in [2.75, 3.05) is 26.7 Å². The summed E-state index contributed by atoms with van der Waals surface area (Å²) in [5, 5.41) is 44.6. The third kappa shape index (κ3) is 20.9. The van der Waals surface area contributed by atoms with E-state index in [1.165, 1.54) is 52.7 Å². The Morgan fingerprint density at radius 3 is 1.93 bits per heavy atom. The highest BCUT2D eigenvalue weighted by Crippen LogP contribution is 2.29. The van der Waals surface area contributed by atoms with Crippen LogP contribution in [0.25, 0.3) is 0 Å². The number of primary amides is 1. The van der Waals surface area contributed by atoms with Crippen molar-refractivity contribution in [2.24, 2.45) is 22.8 Å². The number of unbranched alkanes of at least 4 members (excludes halogenated alkanes) is 1. The summed E-state index contributed by atoms with van der Waals surface area (Å²) in [6.07, 6.45) is 8.34. The lowest BCUT2D eigenvalue weighted by Gasteiger charge is -2.34. The molecule has 2 aromatic rings. The molecule has 2 aliphatic rings. The first-order valence-corrected chi connectivity index (χ1v) is 28.7. The normalized spacial score (nSPS) is 18.4. The molecule has 1 saturated carbocycles. The average Bonchev–Trinajstić information content (AvgIpc) is 4.16. The van der Waals surface area contributed by atoms with Gasteiger partial charge < -0.3 is 79.4 Å². The zero-order chi connectivity index (χ0) is 62.5. The third-order valence-electron chi connectivity index (χ3n) is 15.0. The number of carbonyl (C=O) groups excluding carboxylic acids is 11. The van der Waals surface area contributed by atoms with Crippen LogP contribution in [0.15, 0.2) is 37.1 Å². The van der Waals surface area contributed by atoms with Crippen molar-refractivity contribution in [1.29, 1.82) is 0 Å². The van der Waals surface area contributed by atoms with Gasteiger partial charge in [0.15, 0.2) is 0 Å². The first kappa shape index (κ1) is 68.9. The van der Waals surface area contributed by atoms with Gasteiger partial charge in [-0.05, 0) is 94.9 Å². The third-order valence-corrected chi connectivity index (χ3v) is 15.0. The fourth-order valence-electron chi connectivity index (χ4n) is 10.1. The first-order valence-electron chi connectivity index (χ1n) is 28.7. The van der Waals surface area contributed by atoms with Crippen LogP contribution in [0.3, 0.4) is 0 Å². The van der Waals surface area contributed by atoms with Crippen LogP contribution in [0.5, 0.6) is 0 Å². The van der Waals surface area contributed by atoms with Gasteiger partial charge in [-0.15, -0.1) is 0 Å². The quantitative estimate of drug-likeness (QED) is 0.0358. The number of aliphatic hydroxyl groups excluding tert-OH is 2. The molecule has 9 atom stereocenters. The Balaban J connectivity index is 1.62. The number of imidazole rings is 1. The minimum atomic E-state index is -1.77. The summed E-state index contributed by atoms with van der Waals surface area (Å²) >= 11 is 0. The predicted molar refractivity (Wildman–Crippen MR) is 306 cm³/mol. The summed E-state index contributed by atoms with van der Waals surface area (Å²) in [6.45, 7) is 10.5. The molecule has 16 N–H and O–H groups in total. The van der Waals surface area contributed by atoms with Crippen molar-refractivity contribution in [3.05, 3.63) is 48.3 Å². The van der Waals surface area contributed by atoms with Gasteiger partial charge in [-0.2, -0.15) is 0 Å². The molecule has 2 aromatic heterocycles. The molecule has 0 aromatic carbocycles. The average molecular weight is 1180 g/mol. The van der Waals surface area contributed by atoms with E-state index in [4.69, 9.17) is 11.5 Å². The Hall–Kier alpha value is -7.59. The summed E-state index contributed by atoms with van der Waals surface area (Å²) in [4.78, 5) is 164. The molecule has 28 heteroatoms. The number of nitrogens with two attached hydrogens (primary N) is 2. The van der Waals surface area contributed by atoms with Crippen LogP contribution in [0.1, 0.15) is 148 Å². The Kier molecular flexibility index (Phi) is 26.2. The maximum Gasteiger partial charge on any atom is 0.270 e. The van der Waals surface area contributed by atoms with Gasteiger partial charge in [0.25, 0.3) is 5.91 Å². The number of aromatic amines is 1. The highest BCUT2D eigenvalue weighted by molar-refractivity contribution is 6.01. The monoisotopic (exact) mass is 1180 g/mol. The lowest BCUT2D eigenvalue weighted by molar-refractivity contribution is -0.143. The first-order chi connectivity index (χ1) is 39.5. The van der Waals surface area contributed by atoms with Crippen molar-refractivity contribution < 1.29 is 63.0 Å². The van der Waals surface area contributed by atoms with Crippen LogP contribution < -0.4 is 59.3 Å². The fourth-order valence-corrected chi connectivity index (χ4v) is 10.1. The molecule has 4 rings (SSSR count). The van der Waals surface area contributed by atoms with Crippen LogP contribution in [0.2, 0.25) is 0 Å². The van der Waals surface area contributed by atoms with Gasteiger partial charge in [-0.25, -0.2) is 4.98 Å². The van der Waals surface area contributed by atoms with Crippen LogP contribution in [0, 0.1) is 11.3 Å². The maximum absolute atomic E-state index is 14.8. The van der Waals surface area contributed by atoms with Crippen molar-refractivity contribution in [3.63, 3.8) is 0 Å². The van der Waals surface area contributed by atoms with Crippen molar-refractivity contribution >= 4 is 65.0 Å². The molecular formula is C56H89N15O13. The largest absolute Gasteiger partial charge is 0.394 e. The molecule has 28 nitrogen and oxygen atoms in total. The number of carbonyl (C=O) groups is 11. The molecule has 1 saturated heterocycles. The van der Waals surface area contributed by atoms with Crippen LogP contribution in [-0.4, -0.2) is 181 Å². The van der Waals surface area contributed by atoms with E-state index in [-0.39, 0.29) is 63.2 Å². The smallest absolute Gasteiger partial charge is 0.270 e. The number of amides is 11. The van der Waals surface area contributed by atoms with E-state index in [9.17, 15) is 63.0 Å². The molecule has 2 fully saturated rings. The molecule has 0 radical (unpaired) electrons. The van der Waals surface area contributed by atoms with Crippen LogP contribution in [-0.2, 0) is 54.4 Å². The highest BCUT2D eigenvalue weighted by atomic mass is 16.3. The number of aliphatic hydroxyl groups is 2. The van der Waals surface area contributed by atoms with Crippen molar-refractivity contribution in [1.82, 2.24) is 67.7 Å². The summed E-state index contributed by atoms with van der Waals surface area (Å²) in [7, 11) is 1.40. The maximum atomic E-state index is 14.8. The molecule has 466 valence electrons. The summed E-state index contributed by atoms with van der Waals surface area (Å²) in [6, 6.07) is -6.59. The summed E-state index contributed by atoms with van der Waals surface area (Å²) in [5.41, 5.74) is 8.04. The number of pyridine rings is 1. The fraction of sp³-hybridized carbons (Fsp3) is 0.661. The number of rotatable bonds is 31. The predicted octanol–water partition coefficient (Wildman–Crippen LogP) is -2.14. The molecule has 0 spiro atoms. The molecule has 1 aliphatic carbocycles. The number of β-amino-alcohol motifs (C(OH)–C–C–N with tert-alkyl or cyclic N) is 1. The van der Waals surface area contributed by atoms with Gasteiger partial charge in [-0.1, -0.05) is 59.8 Å². The Bertz CT molecular complexity index is 2590. The number of aromatic nitrogens is 3. The van der Waals surface area contributed by atoms with Crippen LogP contribution >= 0.6 is 0 Å². The van der Waals surface area contributed by atoms with E-state index in [0.29, 0.717) is 18.4 Å². The summed E-state index contributed by atoms with van der Waals surface area (Å²) < 4.78 is 0. The molecule has 11 amide bonds. The highest BCUT2D eigenvalue weighted by Gasteiger charge is 2.45. The number of H-pyrrole nitrogens is 1. The molecule has 3 heterocycles. The van der Waals surface area contributed by atoms with E-state index < -0.39 is 143 Å². The topological polar surface area (TPSA) is 433 Å². The minimum absolute atomic E-state index is 0.0000383. The lowest BCUT2D eigenvalue weighted by Crippen LogP contribution is -2.64. The van der Waals surface area contributed by atoms with E-state index in [2.05, 4.69) is 62.8 Å². The zero-order valence-electron chi connectivity index (χ0n) is 49.6. The number of likely N-dealkylation sites (N-methyl/N-ethyl adjacent to an activating group) is 1. The Morgan fingerprint density at radius 1 is 0.738 bits per heavy atom. The van der Waals surface area contributed by atoms with E-state index in [1.54, 1.807) is 19.1 Å². The second-order valence-electron chi connectivity index (χ2n) is 23.7. The van der Waals surface area contributed by atoms with Gasteiger partial charge in [0.2, 0.25) is 59.1 Å². The summed E-state index contributed by atoms with van der Waals surface area (Å²) in [5.74, 6) is -8.98. The zero-order valence-corrected chi connectivity index (χ0v) is 49.6. The standard InChI is InChI=1S/C56H89N15O13/c1-9-56(7,70-50(81)42-25-34(73)29-71(42)51(82)41(30-72)67-48(79)40-28-61-31-62-40)53(84)68-37(24-33-18-21-60-22-19-33)45(76)64-36(23-32-15-11-10-12-16-32)44(75)66-39(27-54(2,3)4)47(78)65-38(26-43(58)74)46(77)63-35(17-13-14-20-57)49(80)69-55(5,6)52(83)59-8/h18-19,21-22,28,31-32,34-39,41-42,72-73H,9-17,20,23-27,29-30,57H2,1-8H3,(H2,58,74)(H,59,83)(H,61,62)(H,63,77)(H,64,76)(H,65,78)(H,66,75)(H,67,79)(H,68,84)(H,69,80)(H,70,81)/t34-,35-,36-,37-,38-,39-,41-,42+,56-/m0/s1. The molecule has 0 unspecified atom stereocenters. The number of nitrogens with one attached hydrogen (secondary N) is 10. The van der Waals surface area contributed by atoms with E-state index in [1.807, 2.05) is 20.8 Å². The van der Waals surface area contributed by atoms with Gasteiger partial charge in [0, 0.05) is 38.8 Å². The van der Waals surface area contributed by atoms with Gasteiger partial charge in [0.05, 0.1) is 31.7 Å². The molecule has 0 bridgehead atoms. The second-order valence-corrected chi connectivity index (χ2v) is 23.7. The number of nitrogens with zero attached hydrogens (tertiary/aromatic N) is 3. The Morgan fingerprint density at radius 2 is 1.35 bits per heavy atom. The lowest BCUT2D eigenvalue weighted by atomic mass is 9.84. The van der Waals surface area contributed by atoms with Crippen molar-refractivity contribution in [2.45, 2.75) is 198 Å². The van der Waals surface area contributed by atoms with Crippen molar-refractivity contribution in [3.8, 4) is 0 Å². The van der Waals surface area contributed by atoms with Crippen LogP contribution in [0.4, 0.5) is 0 Å². The molecule has 1 aliphatic heterocycles. The number of hydrogen-bond acceptors (Lipinski definition) is 16. The van der Waals surface area contributed by atoms with Gasteiger partial charge >= 0.3 is 0 Å².